The first kappa shape index (κ1) is 20.4. The Morgan fingerprint density at radius 1 is 0.966 bits per heavy atom. The molecule has 0 bridgehead atoms. The Morgan fingerprint density at radius 2 is 1.76 bits per heavy atom. The standard InChI is InChI=1S/C23H21ClN2O3/c1-16-12-19(24)10-11-21(16)29-15-22(27)25-14-17-6-5-7-18(13-17)23(28)26-20-8-3-2-4-9-20/h2-13H,14-15H2,1H3,(H,25,27)(H,26,28). The molecule has 5 nitrogen and oxygen atoms in total. The van der Waals surface area contributed by atoms with Crippen LogP contribution in [0.3, 0.4) is 0 Å². The highest BCUT2D eigenvalue weighted by molar-refractivity contribution is 6.30. The third kappa shape index (κ3) is 6.09. The molecule has 0 heterocycles. The number of halogens is 1. The maximum Gasteiger partial charge on any atom is 0.258 e. The van der Waals surface area contributed by atoms with Crippen molar-refractivity contribution in [1.82, 2.24) is 5.32 Å². The zero-order chi connectivity index (χ0) is 20.6. The number of hydrogen-bond donors (Lipinski definition) is 2. The van der Waals surface area contributed by atoms with Gasteiger partial charge in [0.05, 0.1) is 0 Å². The van der Waals surface area contributed by atoms with E-state index in [1.165, 1.54) is 0 Å². The highest BCUT2D eigenvalue weighted by Gasteiger charge is 2.09. The van der Waals surface area contributed by atoms with E-state index in [1.54, 1.807) is 36.4 Å². The number of carbonyl (C=O) groups excluding carboxylic acids is 2. The first-order valence-corrected chi connectivity index (χ1v) is 9.50. The minimum Gasteiger partial charge on any atom is -0.484 e. The van der Waals surface area contributed by atoms with Crippen LogP contribution in [0.1, 0.15) is 21.5 Å². The van der Waals surface area contributed by atoms with Crippen LogP contribution in [0.25, 0.3) is 0 Å². The van der Waals surface area contributed by atoms with Crippen LogP contribution in [0.15, 0.2) is 72.8 Å². The molecule has 3 aromatic carbocycles. The molecule has 0 aliphatic heterocycles. The van der Waals surface area contributed by atoms with E-state index in [0.717, 1.165) is 16.8 Å². The Labute approximate surface area is 174 Å². The number of rotatable bonds is 7. The van der Waals surface area contributed by atoms with Crippen LogP contribution < -0.4 is 15.4 Å². The van der Waals surface area contributed by atoms with E-state index in [4.69, 9.17) is 16.3 Å². The predicted octanol–water partition coefficient (Wildman–Crippen LogP) is 4.60. The molecule has 0 aliphatic carbocycles. The van der Waals surface area contributed by atoms with Gasteiger partial charge in [0.1, 0.15) is 5.75 Å². The van der Waals surface area contributed by atoms with Gasteiger partial charge in [-0.25, -0.2) is 0 Å². The second-order valence-corrected chi connectivity index (χ2v) is 6.93. The fraction of sp³-hybridized carbons (Fsp3) is 0.130. The molecule has 0 saturated heterocycles. The van der Waals surface area contributed by atoms with Crippen molar-refractivity contribution >= 4 is 29.1 Å². The second-order valence-electron chi connectivity index (χ2n) is 6.50. The molecule has 0 spiro atoms. The lowest BCUT2D eigenvalue weighted by Crippen LogP contribution is -2.28. The first-order chi connectivity index (χ1) is 14.0. The fourth-order valence-corrected chi connectivity index (χ4v) is 2.94. The molecule has 0 aliphatic rings. The van der Waals surface area contributed by atoms with Crippen molar-refractivity contribution in [2.24, 2.45) is 0 Å². The molecule has 29 heavy (non-hydrogen) atoms. The zero-order valence-electron chi connectivity index (χ0n) is 15.9. The Morgan fingerprint density at radius 3 is 2.52 bits per heavy atom. The Kier molecular flexibility index (Phi) is 6.87. The van der Waals surface area contributed by atoms with Crippen LogP contribution in [0.5, 0.6) is 5.75 Å². The molecule has 0 radical (unpaired) electrons. The number of para-hydroxylation sites is 1. The molecule has 148 valence electrons. The van der Waals surface area contributed by atoms with Crippen LogP contribution >= 0.6 is 11.6 Å². The SMILES string of the molecule is Cc1cc(Cl)ccc1OCC(=O)NCc1cccc(C(=O)Nc2ccccc2)c1. The van der Waals surface area contributed by atoms with Gasteiger partial charge in [-0.1, -0.05) is 41.9 Å². The van der Waals surface area contributed by atoms with Gasteiger partial charge in [-0.05, 0) is 60.5 Å². The number of aryl methyl sites for hydroxylation is 1. The summed E-state index contributed by atoms with van der Waals surface area (Å²) in [4.78, 5) is 24.5. The second kappa shape index (κ2) is 9.75. The van der Waals surface area contributed by atoms with Gasteiger partial charge in [0.25, 0.3) is 11.8 Å². The van der Waals surface area contributed by atoms with Crippen LogP contribution in [-0.2, 0) is 11.3 Å². The normalized spacial score (nSPS) is 10.3. The zero-order valence-corrected chi connectivity index (χ0v) is 16.7. The lowest BCUT2D eigenvalue weighted by Gasteiger charge is -2.10. The number of hydrogen-bond acceptors (Lipinski definition) is 3. The summed E-state index contributed by atoms with van der Waals surface area (Å²) in [5.41, 5.74) is 2.93. The van der Waals surface area contributed by atoms with Crippen molar-refractivity contribution in [1.29, 1.82) is 0 Å². The largest absolute Gasteiger partial charge is 0.484 e. The molecule has 0 saturated carbocycles. The predicted molar refractivity (Wildman–Crippen MR) is 114 cm³/mol. The van der Waals surface area contributed by atoms with Crippen LogP contribution in [0.2, 0.25) is 5.02 Å². The molecule has 2 N–H and O–H groups in total. The Hall–Kier alpha value is -3.31. The summed E-state index contributed by atoms with van der Waals surface area (Å²) < 4.78 is 5.54. The lowest BCUT2D eigenvalue weighted by atomic mass is 10.1. The minimum atomic E-state index is -0.251. The summed E-state index contributed by atoms with van der Waals surface area (Å²) in [6.45, 7) is 2.07. The monoisotopic (exact) mass is 408 g/mol. The van der Waals surface area contributed by atoms with Crippen molar-refractivity contribution in [3.8, 4) is 5.75 Å². The fourth-order valence-electron chi connectivity index (χ4n) is 2.72. The number of benzene rings is 3. The maximum absolute atomic E-state index is 12.4. The third-order valence-electron chi connectivity index (χ3n) is 4.21. The van der Waals surface area contributed by atoms with Crippen LogP contribution in [0.4, 0.5) is 5.69 Å². The summed E-state index contributed by atoms with van der Waals surface area (Å²) in [7, 11) is 0. The van der Waals surface area contributed by atoms with Gasteiger partial charge in [-0.3, -0.25) is 9.59 Å². The van der Waals surface area contributed by atoms with Gasteiger partial charge >= 0.3 is 0 Å². The van der Waals surface area contributed by atoms with Crippen molar-refractivity contribution in [3.63, 3.8) is 0 Å². The summed E-state index contributed by atoms with van der Waals surface area (Å²) in [6.07, 6.45) is 0. The quantitative estimate of drug-likeness (QED) is 0.600. The maximum atomic E-state index is 12.4. The van der Waals surface area contributed by atoms with Gasteiger partial charge in [-0.2, -0.15) is 0 Å². The van der Waals surface area contributed by atoms with E-state index < -0.39 is 0 Å². The topological polar surface area (TPSA) is 67.4 Å². The average molecular weight is 409 g/mol. The smallest absolute Gasteiger partial charge is 0.258 e. The molecular formula is C23H21ClN2O3. The van der Waals surface area contributed by atoms with E-state index in [9.17, 15) is 9.59 Å². The van der Waals surface area contributed by atoms with Gasteiger partial charge in [0.15, 0.2) is 6.61 Å². The molecule has 3 rings (SSSR count). The average Bonchev–Trinajstić information content (AvgIpc) is 2.72. The molecule has 0 atom stereocenters. The molecule has 0 fully saturated rings. The molecule has 3 aromatic rings. The van der Waals surface area contributed by atoms with Gasteiger partial charge < -0.3 is 15.4 Å². The van der Waals surface area contributed by atoms with E-state index >= 15 is 0 Å². The van der Waals surface area contributed by atoms with E-state index in [0.29, 0.717) is 22.9 Å². The Balaban J connectivity index is 1.52. The summed E-state index contributed by atoms with van der Waals surface area (Å²) in [6, 6.07) is 21.6. The van der Waals surface area contributed by atoms with Crippen molar-refractivity contribution < 1.29 is 14.3 Å². The third-order valence-corrected chi connectivity index (χ3v) is 4.44. The van der Waals surface area contributed by atoms with Crippen LogP contribution in [-0.4, -0.2) is 18.4 Å². The number of ether oxygens (including phenoxy) is 1. The summed E-state index contributed by atoms with van der Waals surface area (Å²) in [5, 5.41) is 6.26. The van der Waals surface area contributed by atoms with E-state index in [2.05, 4.69) is 10.6 Å². The number of amides is 2. The number of nitrogens with one attached hydrogen (secondary N) is 2. The van der Waals surface area contributed by atoms with Crippen molar-refractivity contribution in [3.05, 3.63) is 94.5 Å². The molecule has 0 aromatic heterocycles. The van der Waals surface area contributed by atoms with E-state index in [1.807, 2.05) is 43.3 Å². The highest BCUT2D eigenvalue weighted by Crippen LogP contribution is 2.21. The van der Waals surface area contributed by atoms with Crippen molar-refractivity contribution in [2.75, 3.05) is 11.9 Å². The number of anilines is 1. The van der Waals surface area contributed by atoms with Gasteiger partial charge in [-0.15, -0.1) is 0 Å². The van der Waals surface area contributed by atoms with Gasteiger partial charge in [0.2, 0.25) is 0 Å². The first-order valence-electron chi connectivity index (χ1n) is 9.12. The number of carbonyl (C=O) groups is 2. The molecular weight excluding hydrogens is 388 g/mol. The Bertz CT molecular complexity index is 1010. The van der Waals surface area contributed by atoms with Crippen molar-refractivity contribution in [2.45, 2.75) is 13.5 Å². The highest BCUT2D eigenvalue weighted by atomic mass is 35.5. The lowest BCUT2D eigenvalue weighted by molar-refractivity contribution is -0.123. The summed E-state index contributed by atoms with van der Waals surface area (Å²) >= 11 is 5.91. The molecule has 6 heteroatoms. The molecule has 2 amide bonds. The van der Waals surface area contributed by atoms with E-state index in [-0.39, 0.29) is 18.4 Å². The molecule has 0 unspecified atom stereocenters. The van der Waals surface area contributed by atoms with Gasteiger partial charge in [0, 0.05) is 22.8 Å². The minimum absolute atomic E-state index is 0.101. The van der Waals surface area contributed by atoms with Crippen LogP contribution in [0, 0.1) is 6.92 Å². The summed E-state index contributed by atoms with van der Waals surface area (Å²) in [5.74, 6) is 0.161.